The maximum absolute atomic E-state index is 4.66. The Balaban J connectivity index is 1.96. The number of rotatable bonds is 6. The third kappa shape index (κ3) is 3.80. The predicted octanol–water partition coefficient (Wildman–Crippen LogP) is 3.74. The van der Waals surface area contributed by atoms with Gasteiger partial charge in [0.2, 0.25) is 0 Å². The average molecular weight is 279 g/mol. The van der Waals surface area contributed by atoms with Gasteiger partial charge in [0.05, 0.1) is 5.69 Å². The highest BCUT2D eigenvalue weighted by atomic mass is 32.1. The fourth-order valence-electron chi connectivity index (χ4n) is 2.35. The van der Waals surface area contributed by atoms with Gasteiger partial charge in [-0.15, -0.1) is 11.3 Å². The molecule has 106 valence electrons. The molecule has 0 aliphatic rings. The highest BCUT2D eigenvalue weighted by Gasteiger charge is 2.23. The van der Waals surface area contributed by atoms with Gasteiger partial charge in [-0.05, 0) is 31.2 Å². The molecule has 1 atom stereocenters. The van der Waals surface area contributed by atoms with Gasteiger partial charge in [-0.3, -0.25) is 4.40 Å². The van der Waals surface area contributed by atoms with Crippen molar-refractivity contribution in [1.29, 1.82) is 0 Å². The first kappa shape index (κ1) is 14.5. The maximum Gasteiger partial charge on any atom is 0.193 e. The van der Waals surface area contributed by atoms with Crippen LogP contribution >= 0.6 is 11.3 Å². The van der Waals surface area contributed by atoms with Gasteiger partial charge in [0.15, 0.2) is 4.96 Å². The van der Waals surface area contributed by atoms with Crippen molar-refractivity contribution in [1.82, 2.24) is 14.7 Å². The van der Waals surface area contributed by atoms with E-state index < -0.39 is 0 Å². The van der Waals surface area contributed by atoms with Crippen molar-refractivity contribution in [3.8, 4) is 0 Å². The number of hydrogen-bond acceptors (Lipinski definition) is 3. The Labute approximate surface area is 120 Å². The van der Waals surface area contributed by atoms with Gasteiger partial charge >= 0.3 is 0 Å². The summed E-state index contributed by atoms with van der Waals surface area (Å²) in [6.45, 7) is 10.3. The molecule has 2 heterocycles. The fraction of sp³-hybridized carbons (Fsp3) is 0.667. The maximum atomic E-state index is 4.66. The molecular formula is C15H25N3S. The van der Waals surface area contributed by atoms with E-state index >= 15 is 0 Å². The van der Waals surface area contributed by atoms with Crippen molar-refractivity contribution in [2.45, 2.75) is 53.0 Å². The minimum absolute atomic E-state index is 0.298. The molecule has 0 spiro atoms. The second-order valence-corrected chi connectivity index (χ2v) is 7.11. The summed E-state index contributed by atoms with van der Waals surface area (Å²) >= 11 is 1.70. The van der Waals surface area contributed by atoms with Crippen LogP contribution in [-0.4, -0.2) is 22.0 Å². The largest absolute Gasteiger partial charge is 0.313 e. The molecule has 0 fully saturated rings. The molecule has 1 unspecified atom stereocenters. The molecule has 0 aliphatic carbocycles. The van der Waals surface area contributed by atoms with Crippen molar-refractivity contribution >= 4 is 16.3 Å². The average Bonchev–Trinajstić information content (AvgIpc) is 2.87. The highest BCUT2D eigenvalue weighted by Crippen LogP contribution is 2.23. The van der Waals surface area contributed by atoms with E-state index in [4.69, 9.17) is 0 Å². The summed E-state index contributed by atoms with van der Waals surface area (Å²) in [6, 6.07) is 0.548. The molecule has 0 aromatic carbocycles. The van der Waals surface area contributed by atoms with Crippen LogP contribution in [0.2, 0.25) is 0 Å². The van der Waals surface area contributed by atoms with Crippen LogP contribution in [-0.2, 0) is 6.42 Å². The van der Waals surface area contributed by atoms with Crippen LogP contribution in [0.15, 0.2) is 17.8 Å². The van der Waals surface area contributed by atoms with Gasteiger partial charge in [0.25, 0.3) is 0 Å². The van der Waals surface area contributed by atoms with E-state index in [-0.39, 0.29) is 0 Å². The van der Waals surface area contributed by atoms with Crippen molar-refractivity contribution in [2.24, 2.45) is 5.41 Å². The smallest absolute Gasteiger partial charge is 0.193 e. The molecule has 0 amide bonds. The minimum atomic E-state index is 0.298. The number of hydrogen-bond donors (Lipinski definition) is 1. The van der Waals surface area contributed by atoms with Crippen LogP contribution in [0.1, 0.15) is 46.2 Å². The van der Waals surface area contributed by atoms with Gasteiger partial charge in [0, 0.05) is 23.8 Å². The second-order valence-electron chi connectivity index (χ2n) is 6.24. The Morgan fingerprint density at radius 1 is 1.42 bits per heavy atom. The Hall–Kier alpha value is -0.870. The molecule has 0 radical (unpaired) electrons. The Morgan fingerprint density at radius 3 is 2.84 bits per heavy atom. The minimum Gasteiger partial charge on any atom is -0.313 e. The molecule has 4 heteroatoms. The molecule has 1 N–H and O–H groups in total. The molecular weight excluding hydrogens is 254 g/mol. The lowest BCUT2D eigenvalue weighted by Crippen LogP contribution is -2.41. The lowest BCUT2D eigenvalue weighted by molar-refractivity contribution is 0.255. The molecule has 0 bridgehead atoms. The van der Waals surface area contributed by atoms with E-state index in [1.54, 1.807) is 11.3 Å². The Kier molecular flexibility index (Phi) is 4.63. The normalized spacial score (nSPS) is 14.1. The zero-order valence-corrected chi connectivity index (χ0v) is 13.3. The van der Waals surface area contributed by atoms with Crippen molar-refractivity contribution < 1.29 is 0 Å². The van der Waals surface area contributed by atoms with Crippen molar-refractivity contribution in [3.05, 3.63) is 23.5 Å². The first-order valence-corrected chi connectivity index (χ1v) is 8.03. The summed E-state index contributed by atoms with van der Waals surface area (Å²) in [7, 11) is 0. The van der Waals surface area contributed by atoms with Gasteiger partial charge in [0.1, 0.15) is 0 Å². The van der Waals surface area contributed by atoms with Crippen LogP contribution in [0.5, 0.6) is 0 Å². The van der Waals surface area contributed by atoms with Crippen LogP contribution in [0.25, 0.3) is 4.96 Å². The van der Waals surface area contributed by atoms with E-state index in [0.29, 0.717) is 11.5 Å². The number of nitrogens with zero attached hydrogens (tertiary/aromatic N) is 2. The van der Waals surface area contributed by atoms with Gasteiger partial charge in [-0.1, -0.05) is 27.7 Å². The van der Waals surface area contributed by atoms with Crippen LogP contribution in [0.4, 0.5) is 0 Å². The molecule has 2 rings (SSSR count). The topological polar surface area (TPSA) is 29.3 Å². The van der Waals surface area contributed by atoms with E-state index in [2.05, 4.69) is 60.2 Å². The third-order valence-corrected chi connectivity index (χ3v) is 4.29. The number of aromatic nitrogens is 2. The summed E-state index contributed by atoms with van der Waals surface area (Å²) in [5, 5.41) is 5.75. The number of thiazole rings is 1. The lowest BCUT2D eigenvalue weighted by atomic mass is 9.83. The van der Waals surface area contributed by atoms with Crippen molar-refractivity contribution in [2.75, 3.05) is 6.54 Å². The van der Waals surface area contributed by atoms with Gasteiger partial charge in [-0.2, -0.15) is 0 Å². The molecule has 0 saturated carbocycles. The Morgan fingerprint density at radius 2 is 2.21 bits per heavy atom. The second kappa shape index (κ2) is 6.06. The first-order chi connectivity index (χ1) is 9.00. The molecule has 19 heavy (non-hydrogen) atoms. The third-order valence-electron chi connectivity index (χ3n) is 3.52. The highest BCUT2D eigenvalue weighted by molar-refractivity contribution is 7.15. The fourth-order valence-corrected chi connectivity index (χ4v) is 3.07. The quantitative estimate of drug-likeness (QED) is 0.872. The standard InChI is InChI=1S/C15H25N3S/c1-5-8-16-13(15(2,3)4)7-6-12-11-18-9-10-19-14(18)17-12/h9-11,13,16H,5-8H2,1-4H3. The van der Waals surface area contributed by atoms with Crippen LogP contribution in [0.3, 0.4) is 0 Å². The number of imidazole rings is 1. The predicted molar refractivity (Wildman–Crippen MR) is 82.9 cm³/mol. The van der Waals surface area contributed by atoms with Crippen molar-refractivity contribution in [3.63, 3.8) is 0 Å². The summed E-state index contributed by atoms with van der Waals surface area (Å²) < 4.78 is 2.12. The monoisotopic (exact) mass is 279 g/mol. The van der Waals surface area contributed by atoms with Gasteiger partial charge in [-0.25, -0.2) is 4.98 Å². The van der Waals surface area contributed by atoms with Crippen LogP contribution < -0.4 is 5.32 Å². The van der Waals surface area contributed by atoms with E-state index in [9.17, 15) is 0 Å². The number of fused-ring (bicyclic) bond motifs is 1. The molecule has 2 aromatic rings. The lowest BCUT2D eigenvalue weighted by Gasteiger charge is -2.31. The van der Waals surface area contributed by atoms with E-state index in [1.165, 1.54) is 12.1 Å². The zero-order chi connectivity index (χ0) is 13.9. The number of aryl methyl sites for hydroxylation is 1. The molecule has 0 saturated heterocycles. The molecule has 0 aliphatic heterocycles. The summed E-state index contributed by atoms with van der Waals surface area (Å²) in [5.74, 6) is 0. The summed E-state index contributed by atoms with van der Waals surface area (Å²) in [6.07, 6.45) is 7.62. The SMILES string of the molecule is CCCNC(CCc1cn2ccsc2n1)C(C)(C)C. The summed E-state index contributed by atoms with van der Waals surface area (Å²) in [5.41, 5.74) is 1.51. The summed E-state index contributed by atoms with van der Waals surface area (Å²) in [4.78, 5) is 5.76. The van der Waals surface area contributed by atoms with Gasteiger partial charge < -0.3 is 5.32 Å². The van der Waals surface area contributed by atoms with Crippen LogP contribution in [0, 0.1) is 5.41 Å². The Bertz CT molecular complexity index is 478. The molecule has 2 aromatic heterocycles. The van der Waals surface area contributed by atoms with E-state index in [1.807, 2.05) is 0 Å². The first-order valence-electron chi connectivity index (χ1n) is 7.15. The molecule has 3 nitrogen and oxygen atoms in total. The van der Waals surface area contributed by atoms with E-state index in [0.717, 1.165) is 24.3 Å². The zero-order valence-electron chi connectivity index (χ0n) is 12.4. The number of nitrogens with one attached hydrogen (secondary N) is 1.